The summed E-state index contributed by atoms with van der Waals surface area (Å²) in [6.07, 6.45) is 2.82. The molecule has 0 aliphatic carbocycles. The van der Waals surface area contributed by atoms with Crippen molar-refractivity contribution in [2.45, 2.75) is 47.6 Å². The first-order chi connectivity index (χ1) is 18.1. The van der Waals surface area contributed by atoms with Crippen molar-refractivity contribution in [2.75, 3.05) is 12.8 Å². The molecule has 0 aromatic heterocycles. The maximum atomic E-state index is 13.4. The number of halogens is 1. The highest BCUT2D eigenvalue weighted by Gasteiger charge is 2.50. The van der Waals surface area contributed by atoms with Crippen LogP contribution in [-0.2, 0) is 26.0 Å². The summed E-state index contributed by atoms with van der Waals surface area (Å²) in [7, 11) is -4.03. The lowest BCUT2D eigenvalue weighted by Crippen LogP contribution is -2.58. The highest BCUT2D eigenvalue weighted by molar-refractivity contribution is 7.98. The first kappa shape index (κ1) is 28.2. The largest absolute Gasteiger partial charge is 0.480 e. The van der Waals surface area contributed by atoms with Gasteiger partial charge in [-0.1, -0.05) is 60.1 Å². The Balaban J connectivity index is 1.52. The van der Waals surface area contributed by atoms with E-state index in [1.807, 2.05) is 54.8 Å². The van der Waals surface area contributed by atoms with E-state index in [9.17, 15) is 23.1 Å². The number of hydrogen-bond donors (Lipinski definition) is 2. The second kappa shape index (κ2) is 11.5. The van der Waals surface area contributed by atoms with E-state index in [1.165, 1.54) is 25.1 Å². The normalized spacial score (nSPS) is 18.7. The molecule has 3 aromatic rings. The van der Waals surface area contributed by atoms with Gasteiger partial charge in [-0.2, -0.15) is 4.31 Å². The third kappa shape index (κ3) is 5.76. The predicted octanol–water partition coefficient (Wildman–Crippen LogP) is 5.08. The number of benzene rings is 3. The number of amides is 1. The van der Waals surface area contributed by atoms with E-state index < -0.39 is 33.5 Å². The average Bonchev–Trinajstić information content (AvgIpc) is 3.32. The van der Waals surface area contributed by atoms with Crippen molar-refractivity contribution in [3.8, 4) is 11.1 Å². The van der Waals surface area contributed by atoms with Crippen molar-refractivity contribution >= 4 is 45.3 Å². The van der Waals surface area contributed by atoms with Gasteiger partial charge in [0.05, 0.1) is 4.90 Å². The number of carbonyl (C=O) groups is 2. The SMILES string of the molecule is CSc1ccccc1-c1ccc(CC(NC(=O)[C@]2(C)CCCN2S(=O)(=O)c2cccc(Cl)c2)C(=O)O)cc1. The average molecular weight is 573 g/mol. The van der Waals surface area contributed by atoms with Crippen LogP contribution in [0, 0.1) is 0 Å². The summed E-state index contributed by atoms with van der Waals surface area (Å²) in [5.41, 5.74) is 1.41. The fourth-order valence-corrected chi connectivity index (χ4v) is 7.49. The number of aliphatic carboxylic acids is 1. The summed E-state index contributed by atoms with van der Waals surface area (Å²) >= 11 is 7.65. The van der Waals surface area contributed by atoms with Gasteiger partial charge in [0, 0.05) is 22.9 Å². The number of nitrogens with one attached hydrogen (secondary N) is 1. The van der Waals surface area contributed by atoms with Crippen molar-refractivity contribution in [1.29, 1.82) is 0 Å². The number of carbonyl (C=O) groups excluding carboxylic acids is 1. The molecule has 200 valence electrons. The number of nitrogens with zero attached hydrogens (tertiary/aromatic N) is 1. The van der Waals surface area contributed by atoms with Crippen LogP contribution in [0.3, 0.4) is 0 Å². The van der Waals surface area contributed by atoms with Crippen molar-refractivity contribution in [2.24, 2.45) is 0 Å². The van der Waals surface area contributed by atoms with Gasteiger partial charge in [0.2, 0.25) is 15.9 Å². The summed E-state index contributed by atoms with van der Waals surface area (Å²) in [5.74, 6) is -1.83. The number of thioether (sulfide) groups is 1. The van der Waals surface area contributed by atoms with Gasteiger partial charge in [-0.05, 0) is 67.0 Å². The third-order valence-corrected chi connectivity index (χ3v) is 9.91. The minimum atomic E-state index is -4.03. The minimum absolute atomic E-state index is 0.0103. The molecule has 38 heavy (non-hydrogen) atoms. The van der Waals surface area contributed by atoms with Crippen molar-refractivity contribution in [3.05, 3.63) is 83.4 Å². The summed E-state index contributed by atoms with van der Waals surface area (Å²) in [4.78, 5) is 26.7. The predicted molar refractivity (Wildman–Crippen MR) is 150 cm³/mol. The Morgan fingerprint density at radius 1 is 1.11 bits per heavy atom. The highest BCUT2D eigenvalue weighted by Crippen LogP contribution is 2.35. The van der Waals surface area contributed by atoms with Crippen LogP contribution in [0.4, 0.5) is 0 Å². The van der Waals surface area contributed by atoms with Gasteiger partial charge < -0.3 is 10.4 Å². The molecule has 10 heteroatoms. The smallest absolute Gasteiger partial charge is 0.326 e. The molecule has 4 rings (SSSR count). The van der Waals surface area contributed by atoms with E-state index in [1.54, 1.807) is 17.8 Å². The lowest BCUT2D eigenvalue weighted by molar-refractivity contribution is -0.143. The van der Waals surface area contributed by atoms with Crippen LogP contribution < -0.4 is 5.32 Å². The molecule has 3 aromatic carbocycles. The summed E-state index contributed by atoms with van der Waals surface area (Å²) in [6, 6.07) is 20.3. The first-order valence-corrected chi connectivity index (χ1v) is 15.1. The van der Waals surface area contributed by atoms with Crippen LogP contribution in [-0.4, -0.2) is 54.1 Å². The van der Waals surface area contributed by atoms with Crippen molar-refractivity contribution < 1.29 is 23.1 Å². The number of carboxylic acids is 1. The topological polar surface area (TPSA) is 104 Å². The van der Waals surface area contributed by atoms with Gasteiger partial charge in [0.25, 0.3) is 0 Å². The zero-order chi connectivity index (χ0) is 27.5. The minimum Gasteiger partial charge on any atom is -0.480 e. The Kier molecular flexibility index (Phi) is 8.52. The van der Waals surface area contributed by atoms with E-state index in [-0.39, 0.29) is 29.3 Å². The standard InChI is InChI=1S/C28H29ClN2O5S2/c1-28(15-6-16-31(28)38(35,36)22-8-5-7-21(29)18-22)27(34)30-24(26(32)33)17-19-11-13-20(14-12-19)23-9-3-4-10-25(23)37-2/h3-5,7-14,18,24H,6,15-17H2,1-2H3,(H,30,34)(H,32,33)/t24?,28-/m0/s1. The van der Waals surface area contributed by atoms with Gasteiger partial charge in [0.15, 0.2) is 0 Å². The second-order valence-electron chi connectivity index (χ2n) is 9.38. The second-order valence-corrected chi connectivity index (χ2v) is 12.5. The lowest BCUT2D eigenvalue weighted by Gasteiger charge is -2.34. The van der Waals surface area contributed by atoms with E-state index in [0.717, 1.165) is 25.9 Å². The van der Waals surface area contributed by atoms with Crippen LogP contribution in [0.5, 0.6) is 0 Å². The van der Waals surface area contributed by atoms with Gasteiger partial charge in [-0.3, -0.25) is 4.79 Å². The highest BCUT2D eigenvalue weighted by atomic mass is 35.5. The molecule has 0 spiro atoms. The van der Waals surface area contributed by atoms with Crippen LogP contribution in [0.1, 0.15) is 25.3 Å². The van der Waals surface area contributed by atoms with E-state index in [0.29, 0.717) is 6.42 Å². The van der Waals surface area contributed by atoms with Crippen LogP contribution in [0.25, 0.3) is 11.1 Å². The molecule has 0 radical (unpaired) electrons. The van der Waals surface area contributed by atoms with Crippen LogP contribution >= 0.6 is 23.4 Å². The molecule has 1 aliphatic rings. The van der Waals surface area contributed by atoms with Crippen LogP contribution in [0.2, 0.25) is 5.02 Å². The van der Waals surface area contributed by atoms with Gasteiger partial charge >= 0.3 is 5.97 Å². The molecular weight excluding hydrogens is 544 g/mol. The molecule has 0 bridgehead atoms. The summed E-state index contributed by atoms with van der Waals surface area (Å²) < 4.78 is 27.9. The fraction of sp³-hybridized carbons (Fsp3) is 0.286. The molecule has 1 amide bonds. The maximum absolute atomic E-state index is 13.4. The first-order valence-electron chi connectivity index (χ1n) is 12.1. The Morgan fingerprint density at radius 3 is 2.47 bits per heavy atom. The lowest BCUT2D eigenvalue weighted by atomic mass is 9.97. The molecular formula is C28H29ClN2O5S2. The molecule has 1 unspecified atom stereocenters. The number of rotatable bonds is 9. The summed E-state index contributed by atoms with van der Waals surface area (Å²) in [5, 5.41) is 12.8. The van der Waals surface area contributed by atoms with Gasteiger partial charge in [-0.25, -0.2) is 13.2 Å². The molecule has 1 saturated heterocycles. The Morgan fingerprint density at radius 2 is 1.82 bits per heavy atom. The van der Waals surface area contributed by atoms with E-state index in [4.69, 9.17) is 11.6 Å². The Bertz CT molecular complexity index is 1450. The molecule has 0 saturated carbocycles. The van der Waals surface area contributed by atoms with E-state index >= 15 is 0 Å². The van der Waals surface area contributed by atoms with Gasteiger partial charge in [-0.15, -0.1) is 11.8 Å². The fourth-order valence-electron chi connectivity index (χ4n) is 4.76. The Labute approximate surface area is 232 Å². The van der Waals surface area contributed by atoms with Gasteiger partial charge in [0.1, 0.15) is 11.6 Å². The third-order valence-electron chi connectivity index (χ3n) is 6.86. The quantitative estimate of drug-likeness (QED) is 0.346. The number of hydrogen-bond acceptors (Lipinski definition) is 5. The molecule has 1 fully saturated rings. The molecule has 1 heterocycles. The molecule has 2 atom stereocenters. The maximum Gasteiger partial charge on any atom is 0.326 e. The summed E-state index contributed by atoms with van der Waals surface area (Å²) in [6.45, 7) is 1.68. The van der Waals surface area contributed by atoms with E-state index in [2.05, 4.69) is 5.32 Å². The monoisotopic (exact) mass is 572 g/mol. The number of carboxylic acid groups (broad SMARTS) is 1. The number of sulfonamides is 1. The zero-order valence-electron chi connectivity index (χ0n) is 21.1. The molecule has 7 nitrogen and oxygen atoms in total. The molecule has 1 aliphatic heterocycles. The molecule has 2 N–H and O–H groups in total. The zero-order valence-corrected chi connectivity index (χ0v) is 23.4. The van der Waals surface area contributed by atoms with Crippen LogP contribution in [0.15, 0.2) is 82.6 Å². The Hall–Kier alpha value is -2.85. The van der Waals surface area contributed by atoms with Crippen molar-refractivity contribution in [1.82, 2.24) is 9.62 Å². The van der Waals surface area contributed by atoms with Crippen molar-refractivity contribution in [3.63, 3.8) is 0 Å².